The van der Waals surface area contributed by atoms with Gasteiger partial charge in [-0.05, 0) is 39.2 Å². The third-order valence-electron chi connectivity index (χ3n) is 2.82. The second kappa shape index (κ2) is 6.16. The zero-order valence-corrected chi connectivity index (χ0v) is 13.7. The van der Waals surface area contributed by atoms with Crippen LogP contribution < -0.4 is 5.73 Å². The van der Waals surface area contributed by atoms with Gasteiger partial charge in [0.25, 0.3) is 0 Å². The van der Waals surface area contributed by atoms with Crippen LogP contribution >= 0.6 is 27.5 Å². The van der Waals surface area contributed by atoms with E-state index in [1.165, 1.54) is 0 Å². The van der Waals surface area contributed by atoms with Crippen LogP contribution in [0.5, 0.6) is 0 Å². The molecular weight excluding hydrogens is 362 g/mol. The Hall–Kier alpha value is -1.04. The summed E-state index contributed by atoms with van der Waals surface area (Å²) in [4.78, 5) is 0. The summed E-state index contributed by atoms with van der Waals surface area (Å²) in [6.45, 7) is 0. The van der Waals surface area contributed by atoms with Crippen LogP contribution in [0.15, 0.2) is 46.9 Å². The number of anilines is 1. The van der Waals surface area contributed by atoms with E-state index in [0.717, 1.165) is 0 Å². The molecule has 20 heavy (non-hydrogen) atoms. The molecule has 0 atom stereocenters. The average molecular weight is 375 g/mol. The molecule has 0 bridgehead atoms. The number of sulfone groups is 1. The number of hydrogen-bond acceptors (Lipinski definition) is 3. The molecule has 0 aliphatic carbocycles. The highest BCUT2D eigenvalue weighted by atomic mass is 79.9. The molecule has 0 spiro atoms. The highest BCUT2D eigenvalue weighted by Crippen LogP contribution is 2.27. The summed E-state index contributed by atoms with van der Waals surface area (Å²) < 4.78 is 25.2. The second-order valence-corrected chi connectivity index (χ2v) is 7.71. The second-order valence-electron chi connectivity index (χ2n) is 4.44. The first kappa shape index (κ1) is 15.4. The van der Waals surface area contributed by atoms with Crippen molar-refractivity contribution in [1.82, 2.24) is 0 Å². The summed E-state index contributed by atoms with van der Waals surface area (Å²) in [6, 6.07) is 12.1. The Kier molecular flexibility index (Phi) is 4.73. The van der Waals surface area contributed by atoms with Gasteiger partial charge >= 0.3 is 0 Å². The van der Waals surface area contributed by atoms with Crippen molar-refractivity contribution in [1.29, 1.82) is 0 Å². The first-order chi connectivity index (χ1) is 9.39. The van der Waals surface area contributed by atoms with E-state index >= 15 is 0 Å². The Morgan fingerprint density at radius 1 is 1.00 bits per heavy atom. The van der Waals surface area contributed by atoms with Crippen LogP contribution in [0.4, 0.5) is 5.69 Å². The lowest BCUT2D eigenvalue weighted by molar-refractivity contribution is 0.594. The van der Waals surface area contributed by atoms with Gasteiger partial charge in [-0.3, -0.25) is 0 Å². The van der Waals surface area contributed by atoms with Crippen LogP contribution in [0.2, 0.25) is 5.02 Å². The minimum absolute atomic E-state index is 0.0795. The predicted octanol–water partition coefficient (Wildman–Crippen LogP) is 3.80. The van der Waals surface area contributed by atoms with Crippen LogP contribution in [0.25, 0.3) is 0 Å². The number of nitrogens with two attached hydrogens (primary N) is 1. The van der Waals surface area contributed by atoms with Crippen molar-refractivity contribution in [2.75, 3.05) is 5.73 Å². The molecule has 2 aromatic carbocycles. The molecule has 0 aromatic heterocycles. The van der Waals surface area contributed by atoms with E-state index in [2.05, 4.69) is 15.9 Å². The summed E-state index contributed by atoms with van der Waals surface area (Å²) in [6.07, 6.45) is 0. The third kappa shape index (κ3) is 3.75. The number of rotatable bonds is 4. The van der Waals surface area contributed by atoms with Gasteiger partial charge in [-0.25, -0.2) is 8.42 Å². The van der Waals surface area contributed by atoms with Gasteiger partial charge in [0, 0.05) is 15.2 Å². The summed E-state index contributed by atoms with van der Waals surface area (Å²) in [5.74, 6) is -0.169. The van der Waals surface area contributed by atoms with E-state index < -0.39 is 9.84 Å². The molecule has 6 heteroatoms. The quantitative estimate of drug-likeness (QED) is 0.828. The standard InChI is InChI=1S/C14H13BrClNO2S/c15-14-11(5-3-7-13(14)17)9-20(18,19)8-10-4-1-2-6-12(10)16/h1-7H,8-9,17H2. The highest BCUT2D eigenvalue weighted by molar-refractivity contribution is 9.10. The van der Waals surface area contributed by atoms with Crippen molar-refractivity contribution < 1.29 is 8.42 Å². The van der Waals surface area contributed by atoms with Crippen molar-refractivity contribution in [2.24, 2.45) is 0 Å². The lowest BCUT2D eigenvalue weighted by Crippen LogP contribution is -2.09. The molecule has 0 radical (unpaired) electrons. The summed E-state index contributed by atoms with van der Waals surface area (Å²) in [7, 11) is -3.32. The highest BCUT2D eigenvalue weighted by Gasteiger charge is 2.17. The summed E-state index contributed by atoms with van der Waals surface area (Å²) in [5, 5.41) is 0.461. The number of hydrogen-bond donors (Lipinski definition) is 1. The van der Waals surface area contributed by atoms with Gasteiger partial charge in [0.15, 0.2) is 9.84 Å². The normalized spacial score (nSPS) is 11.5. The van der Waals surface area contributed by atoms with Gasteiger partial charge in [-0.1, -0.05) is 41.9 Å². The van der Waals surface area contributed by atoms with Gasteiger partial charge in [0.1, 0.15) is 0 Å². The molecule has 0 fully saturated rings. The molecule has 2 N–H and O–H groups in total. The average Bonchev–Trinajstić information content (AvgIpc) is 2.37. The Balaban J connectivity index is 2.24. The van der Waals surface area contributed by atoms with E-state index in [0.29, 0.717) is 26.3 Å². The third-order valence-corrected chi connectivity index (χ3v) is 5.65. The van der Waals surface area contributed by atoms with Crippen LogP contribution in [0.1, 0.15) is 11.1 Å². The first-order valence-corrected chi connectivity index (χ1v) is 8.85. The molecule has 0 aliphatic heterocycles. The van der Waals surface area contributed by atoms with E-state index in [1.807, 2.05) is 0 Å². The molecule has 2 aromatic rings. The maximum atomic E-state index is 12.3. The predicted molar refractivity (Wildman–Crippen MR) is 86.3 cm³/mol. The maximum Gasteiger partial charge on any atom is 0.158 e. The zero-order chi connectivity index (χ0) is 14.8. The lowest BCUT2D eigenvalue weighted by Gasteiger charge is -2.09. The number of halogens is 2. The molecule has 2 rings (SSSR count). The topological polar surface area (TPSA) is 60.2 Å². The van der Waals surface area contributed by atoms with Crippen LogP contribution in [-0.4, -0.2) is 8.42 Å². The smallest absolute Gasteiger partial charge is 0.158 e. The Bertz CT molecular complexity index is 732. The van der Waals surface area contributed by atoms with E-state index in [4.69, 9.17) is 17.3 Å². The lowest BCUT2D eigenvalue weighted by atomic mass is 10.2. The van der Waals surface area contributed by atoms with Gasteiger partial charge in [0.2, 0.25) is 0 Å². The monoisotopic (exact) mass is 373 g/mol. The fourth-order valence-corrected chi connectivity index (χ4v) is 4.27. The Labute approximate surface area is 131 Å². The molecule has 0 heterocycles. The van der Waals surface area contributed by atoms with Crippen molar-refractivity contribution in [3.63, 3.8) is 0 Å². The molecule has 0 saturated heterocycles. The van der Waals surface area contributed by atoms with Crippen LogP contribution in [-0.2, 0) is 21.3 Å². The number of nitrogen functional groups attached to an aromatic ring is 1. The molecule has 0 unspecified atom stereocenters. The molecule has 3 nitrogen and oxygen atoms in total. The summed E-state index contributed by atoms with van der Waals surface area (Å²) >= 11 is 9.31. The molecule has 0 amide bonds. The van der Waals surface area contributed by atoms with E-state index in [1.54, 1.807) is 42.5 Å². The molecule has 106 valence electrons. The minimum atomic E-state index is -3.32. The zero-order valence-electron chi connectivity index (χ0n) is 10.5. The first-order valence-electron chi connectivity index (χ1n) is 5.86. The van der Waals surface area contributed by atoms with Crippen molar-refractivity contribution >= 4 is 43.1 Å². The molecule has 0 aliphatic rings. The maximum absolute atomic E-state index is 12.3. The van der Waals surface area contributed by atoms with E-state index in [-0.39, 0.29) is 11.5 Å². The Morgan fingerprint density at radius 2 is 1.60 bits per heavy atom. The number of benzene rings is 2. The summed E-state index contributed by atoms with van der Waals surface area (Å²) in [5.41, 5.74) is 7.53. The van der Waals surface area contributed by atoms with Gasteiger partial charge in [-0.2, -0.15) is 0 Å². The molecular formula is C14H13BrClNO2S. The van der Waals surface area contributed by atoms with Gasteiger partial charge in [0.05, 0.1) is 11.5 Å². The fraction of sp³-hybridized carbons (Fsp3) is 0.143. The van der Waals surface area contributed by atoms with Crippen molar-refractivity contribution in [2.45, 2.75) is 11.5 Å². The largest absolute Gasteiger partial charge is 0.398 e. The molecule has 0 saturated carbocycles. The van der Waals surface area contributed by atoms with Crippen LogP contribution in [0.3, 0.4) is 0 Å². The SMILES string of the molecule is Nc1cccc(CS(=O)(=O)Cc2ccccc2Cl)c1Br. The Morgan fingerprint density at radius 3 is 2.30 bits per heavy atom. The van der Waals surface area contributed by atoms with E-state index in [9.17, 15) is 8.42 Å². The fourth-order valence-electron chi connectivity index (χ4n) is 1.85. The van der Waals surface area contributed by atoms with Crippen LogP contribution in [0, 0.1) is 0 Å². The van der Waals surface area contributed by atoms with Crippen molar-refractivity contribution in [3.8, 4) is 0 Å². The van der Waals surface area contributed by atoms with Gasteiger partial charge < -0.3 is 5.73 Å². The van der Waals surface area contributed by atoms with Gasteiger partial charge in [-0.15, -0.1) is 0 Å². The van der Waals surface area contributed by atoms with Crippen molar-refractivity contribution in [3.05, 3.63) is 63.1 Å². The minimum Gasteiger partial charge on any atom is -0.398 e.